The van der Waals surface area contributed by atoms with Gasteiger partial charge in [0.2, 0.25) is 6.29 Å². The highest BCUT2D eigenvalue weighted by Crippen LogP contribution is 2.08. The Bertz CT molecular complexity index is 185. The Labute approximate surface area is 71.7 Å². The molecule has 0 aliphatic carbocycles. The van der Waals surface area contributed by atoms with Gasteiger partial charge in [-0.3, -0.25) is 4.79 Å². The normalized spacial score (nSPS) is 15.1. The third kappa shape index (κ3) is 2.73. The number of hydrogen-bond acceptors (Lipinski definition) is 4. The molecule has 0 aliphatic heterocycles. The summed E-state index contributed by atoms with van der Waals surface area (Å²) in [4.78, 5) is 10.3. The lowest BCUT2D eigenvalue weighted by molar-refractivity contribution is 0.0506. The Kier molecular flexibility index (Phi) is 4.73. The van der Waals surface area contributed by atoms with E-state index in [-0.39, 0.29) is 12.1 Å². The zero-order chi connectivity index (χ0) is 9.72. The Morgan fingerprint density at radius 1 is 1.50 bits per heavy atom. The Balaban J connectivity index is 4.54. The van der Waals surface area contributed by atoms with E-state index < -0.39 is 12.2 Å². The van der Waals surface area contributed by atoms with E-state index in [4.69, 9.17) is 10.8 Å². The third-order valence-electron chi connectivity index (χ3n) is 1.55. The molecule has 1 radical (unpaired) electrons. The van der Waals surface area contributed by atoms with E-state index in [0.717, 1.165) is 0 Å². The van der Waals surface area contributed by atoms with Gasteiger partial charge in [-0.2, -0.15) is 0 Å². The van der Waals surface area contributed by atoms with Crippen molar-refractivity contribution >= 4 is 6.29 Å². The molecule has 0 aromatic carbocycles. The summed E-state index contributed by atoms with van der Waals surface area (Å²) < 4.78 is 0. The van der Waals surface area contributed by atoms with Crippen LogP contribution in [0.15, 0.2) is 11.1 Å². The van der Waals surface area contributed by atoms with Crippen LogP contribution in [0.5, 0.6) is 0 Å². The number of hydrogen-bond donors (Lipinski definition) is 3. The van der Waals surface area contributed by atoms with Crippen molar-refractivity contribution in [1.29, 1.82) is 0 Å². The number of carbonyl (C=O) groups excluding carboxylic acids is 1. The minimum atomic E-state index is -1.22. The van der Waals surface area contributed by atoms with E-state index in [1.807, 2.05) is 0 Å². The van der Waals surface area contributed by atoms with Gasteiger partial charge in [0.05, 0.1) is 6.10 Å². The Morgan fingerprint density at radius 2 is 2.00 bits per heavy atom. The molecule has 0 spiro atoms. The molecule has 0 aromatic heterocycles. The van der Waals surface area contributed by atoms with Crippen LogP contribution in [0.25, 0.3) is 0 Å². The van der Waals surface area contributed by atoms with Gasteiger partial charge in [0.25, 0.3) is 0 Å². The molecular formula is C8H14NO3. The quantitative estimate of drug-likeness (QED) is 0.480. The van der Waals surface area contributed by atoms with Gasteiger partial charge in [-0.05, 0) is 13.8 Å². The van der Waals surface area contributed by atoms with Crippen molar-refractivity contribution in [2.75, 3.05) is 6.54 Å². The first-order valence-electron chi connectivity index (χ1n) is 3.66. The van der Waals surface area contributed by atoms with Crippen molar-refractivity contribution in [3.05, 3.63) is 11.1 Å². The molecule has 0 bridgehead atoms. The maximum Gasteiger partial charge on any atom is 0.231 e. The monoisotopic (exact) mass is 172 g/mol. The smallest absolute Gasteiger partial charge is 0.231 e. The molecule has 12 heavy (non-hydrogen) atoms. The van der Waals surface area contributed by atoms with Crippen LogP contribution in [-0.2, 0) is 4.79 Å². The summed E-state index contributed by atoms with van der Waals surface area (Å²) in [5.41, 5.74) is 5.81. The maximum atomic E-state index is 10.3. The molecule has 0 amide bonds. The van der Waals surface area contributed by atoms with Crippen LogP contribution >= 0.6 is 0 Å². The summed E-state index contributed by atoms with van der Waals surface area (Å²) in [6, 6.07) is 0. The topological polar surface area (TPSA) is 83.5 Å². The van der Waals surface area contributed by atoms with Crippen molar-refractivity contribution in [1.82, 2.24) is 0 Å². The van der Waals surface area contributed by atoms with Gasteiger partial charge in [-0.1, -0.05) is 5.57 Å². The molecule has 0 saturated carbocycles. The van der Waals surface area contributed by atoms with Crippen molar-refractivity contribution < 1.29 is 15.0 Å². The van der Waals surface area contributed by atoms with E-state index in [2.05, 4.69) is 0 Å². The first-order chi connectivity index (χ1) is 5.54. The Hall–Kier alpha value is -0.710. The molecule has 0 aromatic rings. The highest BCUT2D eigenvalue weighted by Gasteiger charge is 2.20. The summed E-state index contributed by atoms with van der Waals surface area (Å²) in [5, 5.41) is 18.4. The molecule has 0 aliphatic rings. The fourth-order valence-corrected chi connectivity index (χ4v) is 0.779. The lowest BCUT2D eigenvalue weighted by Gasteiger charge is -2.16. The highest BCUT2D eigenvalue weighted by atomic mass is 16.3. The summed E-state index contributed by atoms with van der Waals surface area (Å²) in [7, 11) is 0. The summed E-state index contributed by atoms with van der Waals surface area (Å²) in [5.74, 6) is 0. The number of rotatable bonds is 4. The van der Waals surface area contributed by atoms with Crippen molar-refractivity contribution in [3.8, 4) is 0 Å². The second-order valence-corrected chi connectivity index (χ2v) is 2.76. The zero-order valence-electron chi connectivity index (χ0n) is 7.24. The fraction of sp³-hybridized carbons (Fsp3) is 0.625. The lowest BCUT2D eigenvalue weighted by Crippen LogP contribution is -2.35. The van der Waals surface area contributed by atoms with E-state index >= 15 is 0 Å². The summed E-state index contributed by atoms with van der Waals surface area (Å²) in [6.45, 7) is 3.24. The molecule has 4 nitrogen and oxygen atoms in total. The molecule has 0 saturated heterocycles. The average Bonchev–Trinajstić information content (AvgIpc) is 2.03. The average molecular weight is 172 g/mol. The lowest BCUT2D eigenvalue weighted by atomic mass is 10.0. The third-order valence-corrected chi connectivity index (χ3v) is 1.55. The minimum absolute atomic E-state index is 0.0768. The second-order valence-electron chi connectivity index (χ2n) is 2.76. The highest BCUT2D eigenvalue weighted by molar-refractivity contribution is 5.76. The van der Waals surface area contributed by atoms with E-state index in [0.29, 0.717) is 5.57 Å². The van der Waals surface area contributed by atoms with Crippen LogP contribution in [-0.4, -0.2) is 35.3 Å². The number of nitrogens with two attached hydrogens (primary N) is 1. The molecule has 2 atom stereocenters. The molecule has 0 fully saturated rings. The van der Waals surface area contributed by atoms with E-state index in [9.17, 15) is 9.90 Å². The van der Waals surface area contributed by atoms with Gasteiger partial charge in [0, 0.05) is 12.1 Å². The predicted molar refractivity (Wildman–Crippen MR) is 45.1 cm³/mol. The van der Waals surface area contributed by atoms with E-state index in [1.54, 1.807) is 20.1 Å². The van der Waals surface area contributed by atoms with Crippen LogP contribution in [0, 0.1) is 0 Å². The zero-order valence-corrected chi connectivity index (χ0v) is 7.24. The van der Waals surface area contributed by atoms with Crippen molar-refractivity contribution in [2.45, 2.75) is 26.1 Å². The van der Waals surface area contributed by atoms with Gasteiger partial charge in [-0.25, -0.2) is 0 Å². The predicted octanol–water partition coefficient (Wildman–Crippen LogP) is -0.887. The Morgan fingerprint density at radius 3 is 2.25 bits per heavy atom. The SMILES string of the molecule is CC(C)=C([C]=O)C(O)[C@@H](O)CN. The molecule has 0 heterocycles. The van der Waals surface area contributed by atoms with Crippen LogP contribution in [0.4, 0.5) is 0 Å². The van der Waals surface area contributed by atoms with Crippen LogP contribution in [0.3, 0.4) is 0 Å². The molecular weight excluding hydrogens is 158 g/mol. The van der Waals surface area contributed by atoms with Gasteiger partial charge >= 0.3 is 0 Å². The first-order valence-corrected chi connectivity index (χ1v) is 3.66. The van der Waals surface area contributed by atoms with Crippen LogP contribution in [0.2, 0.25) is 0 Å². The van der Waals surface area contributed by atoms with Crippen molar-refractivity contribution in [3.63, 3.8) is 0 Å². The first kappa shape index (κ1) is 11.3. The van der Waals surface area contributed by atoms with Gasteiger partial charge in [-0.15, -0.1) is 0 Å². The van der Waals surface area contributed by atoms with Gasteiger partial charge in [0.15, 0.2) is 0 Å². The molecule has 0 rings (SSSR count). The summed E-state index contributed by atoms with van der Waals surface area (Å²) in [6.07, 6.45) is -0.745. The molecule has 4 heteroatoms. The molecule has 4 N–H and O–H groups in total. The number of allylic oxidation sites excluding steroid dienone is 1. The van der Waals surface area contributed by atoms with Gasteiger partial charge in [0.1, 0.15) is 6.10 Å². The van der Waals surface area contributed by atoms with Crippen LogP contribution in [0.1, 0.15) is 13.8 Å². The summed E-state index contributed by atoms with van der Waals surface area (Å²) >= 11 is 0. The van der Waals surface area contributed by atoms with Gasteiger partial charge < -0.3 is 15.9 Å². The van der Waals surface area contributed by atoms with Crippen molar-refractivity contribution in [2.24, 2.45) is 5.73 Å². The second kappa shape index (κ2) is 5.03. The number of aliphatic hydroxyl groups is 2. The maximum absolute atomic E-state index is 10.3. The largest absolute Gasteiger partial charge is 0.389 e. The molecule has 1 unspecified atom stereocenters. The molecule has 69 valence electrons. The number of aliphatic hydroxyl groups excluding tert-OH is 2. The fourth-order valence-electron chi connectivity index (χ4n) is 0.779. The minimum Gasteiger partial charge on any atom is -0.389 e. The van der Waals surface area contributed by atoms with E-state index in [1.165, 1.54) is 0 Å². The standard InChI is InChI=1S/C8H14NO3/c1-5(2)6(4-10)8(12)7(11)3-9/h7-8,11-12H,3,9H2,1-2H3/t7-,8?/m0/s1. The van der Waals surface area contributed by atoms with Crippen LogP contribution < -0.4 is 5.73 Å².